The fourth-order valence-corrected chi connectivity index (χ4v) is 3.13. The van der Waals surface area contributed by atoms with E-state index in [9.17, 15) is 10.2 Å². The third-order valence-electron chi connectivity index (χ3n) is 4.51. The van der Waals surface area contributed by atoms with E-state index in [0.29, 0.717) is 0 Å². The third kappa shape index (κ3) is 3.78. The molecular formula is C18H26O2. The molecule has 2 heteroatoms. The highest BCUT2D eigenvalue weighted by Gasteiger charge is 2.47. The fourth-order valence-electron chi connectivity index (χ4n) is 3.13. The van der Waals surface area contributed by atoms with E-state index < -0.39 is 11.2 Å². The zero-order chi connectivity index (χ0) is 15.1. The van der Waals surface area contributed by atoms with Crippen molar-refractivity contribution in [2.45, 2.75) is 77.4 Å². The highest BCUT2D eigenvalue weighted by molar-refractivity contribution is 5.26. The molecule has 3 rings (SSSR count). The Morgan fingerprint density at radius 3 is 1.10 bits per heavy atom. The molecule has 2 bridgehead atoms. The zero-order valence-corrected chi connectivity index (χ0v) is 13.1. The van der Waals surface area contributed by atoms with Gasteiger partial charge in [-0.05, 0) is 66.2 Å². The molecule has 3 aliphatic carbocycles. The molecule has 0 amide bonds. The summed E-state index contributed by atoms with van der Waals surface area (Å²) in [4.78, 5) is 0. The Morgan fingerprint density at radius 1 is 0.650 bits per heavy atom. The van der Waals surface area contributed by atoms with Crippen LogP contribution in [0.15, 0.2) is 0 Å². The van der Waals surface area contributed by atoms with Crippen LogP contribution in [0, 0.1) is 34.5 Å². The van der Waals surface area contributed by atoms with Crippen LogP contribution < -0.4 is 0 Å². The van der Waals surface area contributed by atoms with E-state index in [1.165, 1.54) is 0 Å². The SMILES string of the molecule is CC(C)(O)C#CC12CCC(C#CC(C)(C)O)(CC1)CC2. The lowest BCUT2D eigenvalue weighted by molar-refractivity contribution is 0.0694. The van der Waals surface area contributed by atoms with Crippen molar-refractivity contribution < 1.29 is 10.2 Å². The molecule has 20 heavy (non-hydrogen) atoms. The second kappa shape index (κ2) is 4.80. The number of aliphatic hydroxyl groups is 2. The van der Waals surface area contributed by atoms with Gasteiger partial charge in [-0.2, -0.15) is 0 Å². The minimum absolute atomic E-state index is 0.0954. The van der Waals surface area contributed by atoms with E-state index in [4.69, 9.17) is 0 Å². The van der Waals surface area contributed by atoms with Gasteiger partial charge in [0.15, 0.2) is 0 Å². The van der Waals surface area contributed by atoms with Gasteiger partial charge in [0.25, 0.3) is 0 Å². The smallest absolute Gasteiger partial charge is 0.119 e. The number of hydrogen-bond donors (Lipinski definition) is 2. The van der Waals surface area contributed by atoms with E-state index in [0.717, 1.165) is 38.5 Å². The maximum Gasteiger partial charge on any atom is 0.119 e. The van der Waals surface area contributed by atoms with Crippen LogP contribution in [-0.4, -0.2) is 21.4 Å². The summed E-state index contributed by atoms with van der Waals surface area (Å²) in [6, 6.07) is 0. The van der Waals surface area contributed by atoms with Crippen molar-refractivity contribution in [2.75, 3.05) is 0 Å². The molecule has 0 atom stereocenters. The lowest BCUT2D eigenvalue weighted by atomic mass is 9.54. The third-order valence-corrected chi connectivity index (χ3v) is 4.51. The number of rotatable bonds is 0. The van der Waals surface area contributed by atoms with E-state index in [-0.39, 0.29) is 10.8 Å². The molecule has 0 heterocycles. The number of hydrogen-bond acceptors (Lipinski definition) is 2. The maximum atomic E-state index is 9.77. The van der Waals surface area contributed by atoms with Crippen LogP contribution in [-0.2, 0) is 0 Å². The average molecular weight is 274 g/mol. The van der Waals surface area contributed by atoms with Crippen molar-refractivity contribution in [3.8, 4) is 23.7 Å². The van der Waals surface area contributed by atoms with Crippen molar-refractivity contribution >= 4 is 0 Å². The molecule has 0 aromatic carbocycles. The predicted molar refractivity (Wildman–Crippen MR) is 80.7 cm³/mol. The van der Waals surface area contributed by atoms with Gasteiger partial charge in [-0.25, -0.2) is 0 Å². The van der Waals surface area contributed by atoms with Crippen molar-refractivity contribution in [1.82, 2.24) is 0 Å². The van der Waals surface area contributed by atoms with Gasteiger partial charge in [0, 0.05) is 10.8 Å². The van der Waals surface area contributed by atoms with E-state index in [2.05, 4.69) is 23.7 Å². The Kier molecular flexibility index (Phi) is 3.70. The van der Waals surface area contributed by atoms with Gasteiger partial charge in [0.1, 0.15) is 11.2 Å². The summed E-state index contributed by atoms with van der Waals surface area (Å²) in [5.41, 5.74) is -1.61. The normalized spacial score (nSPS) is 32.9. The standard InChI is InChI=1S/C18H26O2/c1-15(2,19)5-7-17-9-12-18(13-10-17,14-11-17)8-6-16(3,4)20/h19-20H,9-14H2,1-4H3. The van der Waals surface area contributed by atoms with Crippen molar-refractivity contribution in [3.63, 3.8) is 0 Å². The molecule has 110 valence electrons. The van der Waals surface area contributed by atoms with Crippen LogP contribution in [0.4, 0.5) is 0 Å². The van der Waals surface area contributed by atoms with Crippen LogP contribution in [0.3, 0.4) is 0 Å². The molecule has 0 saturated heterocycles. The highest BCUT2D eigenvalue weighted by Crippen LogP contribution is 2.56. The first-order valence-corrected chi connectivity index (χ1v) is 7.57. The minimum Gasteiger partial charge on any atom is -0.378 e. The van der Waals surface area contributed by atoms with E-state index in [1.807, 2.05) is 0 Å². The number of fused-ring (bicyclic) bond motifs is 3. The lowest BCUT2D eigenvalue weighted by Crippen LogP contribution is -2.40. The second-order valence-corrected chi connectivity index (χ2v) is 7.68. The van der Waals surface area contributed by atoms with Crippen LogP contribution >= 0.6 is 0 Å². The molecule has 2 N–H and O–H groups in total. The van der Waals surface area contributed by atoms with Gasteiger partial charge in [0.2, 0.25) is 0 Å². The molecule has 0 aromatic rings. The Balaban J connectivity index is 2.11. The predicted octanol–water partition coefficient (Wildman–Crippen LogP) is 2.88. The van der Waals surface area contributed by atoms with Gasteiger partial charge < -0.3 is 10.2 Å². The van der Waals surface area contributed by atoms with Crippen molar-refractivity contribution in [2.24, 2.45) is 10.8 Å². The monoisotopic (exact) mass is 274 g/mol. The Hall–Kier alpha value is -0.960. The summed E-state index contributed by atoms with van der Waals surface area (Å²) in [5, 5.41) is 19.5. The molecule has 3 aliphatic rings. The Labute approximate surface area is 123 Å². The molecule has 0 spiro atoms. The van der Waals surface area contributed by atoms with Crippen LogP contribution in [0.25, 0.3) is 0 Å². The zero-order valence-electron chi connectivity index (χ0n) is 13.1. The van der Waals surface area contributed by atoms with E-state index >= 15 is 0 Å². The summed E-state index contributed by atoms with van der Waals surface area (Å²) >= 11 is 0. The fraction of sp³-hybridized carbons (Fsp3) is 0.778. The first kappa shape index (κ1) is 15.4. The molecule has 0 aliphatic heterocycles. The second-order valence-electron chi connectivity index (χ2n) is 7.68. The van der Waals surface area contributed by atoms with Crippen molar-refractivity contribution in [3.05, 3.63) is 0 Å². The maximum absolute atomic E-state index is 9.77. The van der Waals surface area contributed by atoms with Gasteiger partial charge in [-0.1, -0.05) is 23.7 Å². The summed E-state index contributed by atoms with van der Waals surface area (Å²) in [5.74, 6) is 12.7. The summed E-state index contributed by atoms with van der Waals surface area (Å²) in [6.07, 6.45) is 6.40. The highest BCUT2D eigenvalue weighted by atomic mass is 16.3. The van der Waals surface area contributed by atoms with Gasteiger partial charge in [-0.3, -0.25) is 0 Å². The topological polar surface area (TPSA) is 40.5 Å². The van der Waals surface area contributed by atoms with Gasteiger partial charge in [-0.15, -0.1) is 0 Å². The van der Waals surface area contributed by atoms with Crippen LogP contribution in [0.2, 0.25) is 0 Å². The summed E-state index contributed by atoms with van der Waals surface area (Å²) < 4.78 is 0. The van der Waals surface area contributed by atoms with E-state index in [1.54, 1.807) is 27.7 Å². The molecule has 3 fully saturated rings. The molecule has 2 nitrogen and oxygen atoms in total. The molecule has 3 saturated carbocycles. The lowest BCUT2D eigenvalue weighted by Gasteiger charge is -2.49. The van der Waals surface area contributed by atoms with Gasteiger partial charge >= 0.3 is 0 Å². The molecule has 0 radical (unpaired) electrons. The molecular weight excluding hydrogens is 248 g/mol. The molecule has 0 aromatic heterocycles. The van der Waals surface area contributed by atoms with Crippen LogP contribution in [0.5, 0.6) is 0 Å². The largest absolute Gasteiger partial charge is 0.378 e. The first-order chi connectivity index (χ1) is 9.04. The van der Waals surface area contributed by atoms with Gasteiger partial charge in [0.05, 0.1) is 0 Å². The summed E-state index contributed by atoms with van der Waals surface area (Å²) in [6.45, 7) is 6.95. The molecule has 0 unspecified atom stereocenters. The van der Waals surface area contributed by atoms with Crippen LogP contribution in [0.1, 0.15) is 66.2 Å². The summed E-state index contributed by atoms with van der Waals surface area (Å²) in [7, 11) is 0. The first-order valence-electron chi connectivity index (χ1n) is 7.57. The Morgan fingerprint density at radius 2 is 0.900 bits per heavy atom. The Bertz CT molecular complexity index is 421. The van der Waals surface area contributed by atoms with Crippen molar-refractivity contribution in [1.29, 1.82) is 0 Å². The minimum atomic E-state index is -0.901. The quantitative estimate of drug-likeness (QED) is 0.667. The average Bonchev–Trinajstić information content (AvgIpc) is 2.35.